The highest BCUT2D eigenvalue weighted by Gasteiger charge is 2.05. The molecule has 0 N–H and O–H groups in total. The van der Waals surface area contributed by atoms with E-state index in [1.54, 1.807) is 19.1 Å². The van der Waals surface area contributed by atoms with Gasteiger partial charge in [-0.1, -0.05) is 0 Å². The van der Waals surface area contributed by atoms with Crippen LogP contribution in [0.4, 0.5) is 4.39 Å². The van der Waals surface area contributed by atoms with Crippen LogP contribution in [0.15, 0.2) is 29.0 Å². The van der Waals surface area contributed by atoms with E-state index in [-0.39, 0.29) is 5.82 Å². The Morgan fingerprint density at radius 2 is 2.07 bits per heavy atom. The molecule has 0 saturated heterocycles. The van der Waals surface area contributed by atoms with E-state index in [4.69, 9.17) is 0 Å². The van der Waals surface area contributed by atoms with Gasteiger partial charge in [0.05, 0.1) is 4.47 Å². The summed E-state index contributed by atoms with van der Waals surface area (Å²) in [4.78, 5) is 12.1. The summed E-state index contributed by atoms with van der Waals surface area (Å²) in [7, 11) is 0. The zero-order valence-corrected chi connectivity index (χ0v) is 9.49. The van der Waals surface area contributed by atoms with Crippen molar-refractivity contribution in [2.75, 3.05) is 0 Å². The van der Waals surface area contributed by atoms with Crippen molar-refractivity contribution < 1.29 is 4.39 Å². The first-order valence-electron chi connectivity index (χ1n) is 4.28. The van der Waals surface area contributed by atoms with Gasteiger partial charge in [-0.15, -0.1) is 0 Å². The average molecular weight is 268 g/mol. The summed E-state index contributed by atoms with van der Waals surface area (Å²) in [5.74, 6) is 0.883. The number of hydrogen-bond donors (Lipinski definition) is 0. The summed E-state index contributed by atoms with van der Waals surface area (Å²) in [6, 6.07) is 4.65. The minimum absolute atomic E-state index is 0.301. The van der Waals surface area contributed by atoms with Crippen molar-refractivity contribution in [2.24, 2.45) is 0 Å². The van der Waals surface area contributed by atoms with Crippen LogP contribution < -0.4 is 0 Å². The Morgan fingerprint density at radius 3 is 2.73 bits per heavy atom. The van der Waals surface area contributed by atoms with Gasteiger partial charge in [-0.05, 0) is 41.1 Å². The summed E-state index contributed by atoms with van der Waals surface area (Å²) < 4.78 is 13.4. The van der Waals surface area contributed by atoms with Crippen molar-refractivity contribution in [3.05, 3.63) is 40.6 Å². The Morgan fingerprint density at radius 1 is 1.27 bits per heavy atom. The molecule has 76 valence electrons. The van der Waals surface area contributed by atoms with Gasteiger partial charge in [0.2, 0.25) is 0 Å². The Bertz CT molecular complexity index is 502. The minimum Gasteiger partial charge on any atom is -0.222 e. The third kappa shape index (κ3) is 2.18. The molecule has 0 aliphatic rings. The lowest BCUT2D eigenvalue weighted by molar-refractivity contribution is 0.621. The van der Waals surface area contributed by atoms with Gasteiger partial charge in [-0.3, -0.25) is 0 Å². The molecule has 1 heterocycles. The van der Waals surface area contributed by atoms with Crippen LogP contribution in [0.25, 0.3) is 11.4 Å². The summed E-state index contributed by atoms with van der Waals surface area (Å²) in [6.45, 7) is 1.78. The standard InChI is InChI=1S/C10H7BrFN3/c1-6-13-5-14-10(15-6)7-2-3-9(12)8(11)4-7/h2-5H,1H3. The fraction of sp³-hybridized carbons (Fsp3) is 0.100. The number of aromatic nitrogens is 3. The minimum atomic E-state index is -0.301. The predicted molar refractivity (Wildman–Crippen MR) is 57.7 cm³/mol. The molecule has 2 aromatic rings. The van der Waals surface area contributed by atoms with E-state index in [9.17, 15) is 4.39 Å². The van der Waals surface area contributed by atoms with E-state index in [0.717, 1.165) is 5.56 Å². The first-order valence-corrected chi connectivity index (χ1v) is 5.07. The summed E-state index contributed by atoms with van der Waals surface area (Å²) in [5, 5.41) is 0. The smallest absolute Gasteiger partial charge is 0.163 e. The lowest BCUT2D eigenvalue weighted by Crippen LogP contribution is -1.94. The lowest BCUT2D eigenvalue weighted by atomic mass is 10.2. The van der Waals surface area contributed by atoms with Crippen molar-refractivity contribution in [1.82, 2.24) is 15.0 Å². The van der Waals surface area contributed by atoms with E-state index < -0.39 is 0 Å². The van der Waals surface area contributed by atoms with Gasteiger partial charge in [0, 0.05) is 5.56 Å². The molecule has 0 bridgehead atoms. The molecule has 0 saturated carbocycles. The van der Waals surface area contributed by atoms with E-state index >= 15 is 0 Å². The first kappa shape index (κ1) is 10.2. The number of rotatable bonds is 1. The maximum atomic E-state index is 13.0. The van der Waals surface area contributed by atoms with Crippen molar-refractivity contribution in [1.29, 1.82) is 0 Å². The second-order valence-corrected chi connectivity index (χ2v) is 3.84. The fourth-order valence-corrected chi connectivity index (χ4v) is 1.53. The molecule has 0 aliphatic heterocycles. The molecule has 0 aliphatic carbocycles. The van der Waals surface area contributed by atoms with Crippen LogP contribution in [0.1, 0.15) is 5.82 Å². The molecule has 5 heteroatoms. The van der Waals surface area contributed by atoms with Crippen LogP contribution >= 0.6 is 15.9 Å². The second kappa shape index (κ2) is 4.02. The zero-order chi connectivity index (χ0) is 10.8. The van der Waals surface area contributed by atoms with Gasteiger partial charge in [0.1, 0.15) is 18.0 Å². The van der Waals surface area contributed by atoms with E-state index in [2.05, 4.69) is 30.9 Å². The highest BCUT2D eigenvalue weighted by atomic mass is 79.9. The maximum Gasteiger partial charge on any atom is 0.163 e. The molecule has 2 rings (SSSR count). The highest BCUT2D eigenvalue weighted by Crippen LogP contribution is 2.22. The highest BCUT2D eigenvalue weighted by molar-refractivity contribution is 9.10. The van der Waals surface area contributed by atoms with Crippen LogP contribution in [0.5, 0.6) is 0 Å². The Balaban J connectivity index is 2.50. The molecule has 0 unspecified atom stereocenters. The SMILES string of the molecule is Cc1ncnc(-c2ccc(F)c(Br)c2)n1. The molecule has 0 radical (unpaired) electrons. The number of halogens is 2. The quantitative estimate of drug-likeness (QED) is 0.798. The average Bonchev–Trinajstić information content (AvgIpc) is 2.22. The van der Waals surface area contributed by atoms with Gasteiger partial charge in [-0.2, -0.15) is 0 Å². The monoisotopic (exact) mass is 267 g/mol. The van der Waals surface area contributed by atoms with Gasteiger partial charge in [0.15, 0.2) is 5.82 Å². The molecule has 1 aromatic carbocycles. The Labute approximate surface area is 94.5 Å². The molecule has 0 fully saturated rings. The van der Waals surface area contributed by atoms with Crippen LogP contribution in [0, 0.1) is 12.7 Å². The Kier molecular flexibility index (Phi) is 2.73. The topological polar surface area (TPSA) is 38.7 Å². The van der Waals surface area contributed by atoms with Gasteiger partial charge in [0.25, 0.3) is 0 Å². The molecule has 3 nitrogen and oxygen atoms in total. The van der Waals surface area contributed by atoms with Gasteiger partial charge >= 0.3 is 0 Å². The van der Waals surface area contributed by atoms with E-state index in [0.29, 0.717) is 16.1 Å². The van der Waals surface area contributed by atoms with Crippen molar-refractivity contribution in [3.63, 3.8) is 0 Å². The molecule has 0 spiro atoms. The maximum absolute atomic E-state index is 13.0. The third-order valence-electron chi connectivity index (χ3n) is 1.87. The molecular formula is C10H7BrFN3. The van der Waals surface area contributed by atoms with Crippen LogP contribution in [-0.4, -0.2) is 15.0 Å². The number of hydrogen-bond acceptors (Lipinski definition) is 3. The fourth-order valence-electron chi connectivity index (χ4n) is 1.15. The van der Waals surface area contributed by atoms with E-state index in [1.807, 2.05) is 0 Å². The first-order chi connectivity index (χ1) is 7.16. The van der Waals surface area contributed by atoms with Gasteiger partial charge < -0.3 is 0 Å². The van der Waals surface area contributed by atoms with Crippen LogP contribution in [-0.2, 0) is 0 Å². The zero-order valence-electron chi connectivity index (χ0n) is 7.91. The third-order valence-corrected chi connectivity index (χ3v) is 2.48. The van der Waals surface area contributed by atoms with Crippen LogP contribution in [0.2, 0.25) is 0 Å². The molecule has 0 amide bonds. The van der Waals surface area contributed by atoms with Crippen molar-refractivity contribution in [2.45, 2.75) is 6.92 Å². The van der Waals surface area contributed by atoms with E-state index in [1.165, 1.54) is 12.4 Å². The number of benzene rings is 1. The number of aryl methyl sites for hydroxylation is 1. The van der Waals surface area contributed by atoms with Crippen LogP contribution in [0.3, 0.4) is 0 Å². The predicted octanol–water partition coefficient (Wildman–Crippen LogP) is 2.75. The normalized spacial score (nSPS) is 10.3. The Hall–Kier alpha value is -1.36. The van der Waals surface area contributed by atoms with Gasteiger partial charge in [-0.25, -0.2) is 19.3 Å². The van der Waals surface area contributed by atoms with Crippen molar-refractivity contribution in [3.8, 4) is 11.4 Å². The van der Waals surface area contributed by atoms with Crippen molar-refractivity contribution >= 4 is 15.9 Å². The molecular weight excluding hydrogens is 261 g/mol. The summed E-state index contributed by atoms with van der Waals surface area (Å²) in [6.07, 6.45) is 1.44. The molecule has 1 aromatic heterocycles. The summed E-state index contributed by atoms with van der Waals surface area (Å²) in [5.41, 5.74) is 0.758. The second-order valence-electron chi connectivity index (χ2n) is 2.99. The lowest BCUT2D eigenvalue weighted by Gasteiger charge is -2.01. The number of nitrogens with zero attached hydrogens (tertiary/aromatic N) is 3. The largest absolute Gasteiger partial charge is 0.222 e. The molecule has 0 atom stereocenters. The molecule has 15 heavy (non-hydrogen) atoms. The summed E-state index contributed by atoms with van der Waals surface area (Å²) >= 11 is 3.12.